The number of nitrogens with one attached hydrogen (secondary N) is 1. The third-order valence-electron chi connectivity index (χ3n) is 4.26. The van der Waals surface area contributed by atoms with Crippen molar-refractivity contribution in [3.05, 3.63) is 0 Å². The van der Waals surface area contributed by atoms with Crippen LogP contribution in [0.15, 0.2) is 0 Å². The van der Waals surface area contributed by atoms with Gasteiger partial charge in [-0.25, -0.2) is 4.79 Å². The normalized spacial score (nSPS) is 19.8. The highest BCUT2D eigenvalue weighted by atomic mass is 16.5. The maximum absolute atomic E-state index is 12.1. The standard InChI is InChI=1S/C15H29N3O3/c1-5-12(3)14(15(20)21-4)16-13(19)11-18-9-7-17(6-2)8-10-18/h12,14H,5-11H2,1-4H3,(H,16,19). The predicted octanol–water partition coefficient (Wildman–Crippen LogP) is 0.328. The van der Waals surface area contributed by atoms with Gasteiger partial charge in [0.2, 0.25) is 5.91 Å². The Hall–Kier alpha value is -1.14. The van der Waals surface area contributed by atoms with E-state index in [1.165, 1.54) is 7.11 Å². The number of carbonyl (C=O) groups excluding carboxylic acids is 2. The molecule has 1 saturated heterocycles. The smallest absolute Gasteiger partial charge is 0.328 e. The molecule has 0 aromatic heterocycles. The zero-order valence-corrected chi connectivity index (χ0v) is 13.7. The van der Waals surface area contributed by atoms with E-state index in [4.69, 9.17) is 4.74 Å². The Morgan fingerprint density at radius 3 is 2.19 bits per heavy atom. The van der Waals surface area contributed by atoms with Crippen molar-refractivity contribution in [1.82, 2.24) is 15.1 Å². The number of esters is 1. The van der Waals surface area contributed by atoms with Crippen LogP contribution in [-0.2, 0) is 14.3 Å². The summed E-state index contributed by atoms with van der Waals surface area (Å²) in [6.45, 7) is 11.3. The summed E-state index contributed by atoms with van der Waals surface area (Å²) < 4.78 is 4.78. The van der Waals surface area contributed by atoms with Crippen LogP contribution in [0.4, 0.5) is 0 Å². The first-order chi connectivity index (χ1) is 10.0. The van der Waals surface area contributed by atoms with Gasteiger partial charge < -0.3 is 15.0 Å². The van der Waals surface area contributed by atoms with E-state index in [9.17, 15) is 9.59 Å². The van der Waals surface area contributed by atoms with E-state index < -0.39 is 6.04 Å². The minimum Gasteiger partial charge on any atom is -0.467 e. The Morgan fingerprint density at radius 2 is 1.71 bits per heavy atom. The summed E-state index contributed by atoms with van der Waals surface area (Å²) in [5.41, 5.74) is 0. The maximum atomic E-state index is 12.1. The molecule has 0 spiro atoms. The third-order valence-corrected chi connectivity index (χ3v) is 4.26. The number of hydrogen-bond acceptors (Lipinski definition) is 5. The van der Waals surface area contributed by atoms with Crippen molar-refractivity contribution in [3.8, 4) is 0 Å². The number of hydrogen-bond donors (Lipinski definition) is 1. The second kappa shape index (κ2) is 9.00. The second-order valence-electron chi connectivity index (χ2n) is 5.66. The van der Waals surface area contributed by atoms with Gasteiger partial charge in [-0.15, -0.1) is 0 Å². The van der Waals surface area contributed by atoms with Crippen LogP contribution in [0.5, 0.6) is 0 Å². The summed E-state index contributed by atoms with van der Waals surface area (Å²) in [7, 11) is 1.35. The highest BCUT2D eigenvalue weighted by Gasteiger charge is 2.27. The van der Waals surface area contributed by atoms with Gasteiger partial charge in [-0.05, 0) is 12.5 Å². The first kappa shape index (κ1) is 17.9. The molecular weight excluding hydrogens is 270 g/mol. The van der Waals surface area contributed by atoms with Gasteiger partial charge in [0.05, 0.1) is 13.7 Å². The van der Waals surface area contributed by atoms with Crippen molar-refractivity contribution in [2.75, 3.05) is 46.4 Å². The van der Waals surface area contributed by atoms with Crippen molar-refractivity contribution in [3.63, 3.8) is 0 Å². The lowest BCUT2D eigenvalue weighted by atomic mass is 9.99. The molecule has 1 aliphatic rings. The summed E-state index contributed by atoms with van der Waals surface area (Å²) in [5.74, 6) is -0.400. The van der Waals surface area contributed by atoms with Gasteiger partial charge in [-0.2, -0.15) is 0 Å². The van der Waals surface area contributed by atoms with Crippen molar-refractivity contribution in [2.45, 2.75) is 33.2 Å². The minimum atomic E-state index is -0.551. The van der Waals surface area contributed by atoms with Gasteiger partial charge >= 0.3 is 5.97 Å². The van der Waals surface area contributed by atoms with Crippen LogP contribution in [-0.4, -0.2) is 74.1 Å². The molecule has 2 atom stereocenters. The molecule has 1 heterocycles. The van der Waals surface area contributed by atoms with Crippen LogP contribution in [0.1, 0.15) is 27.2 Å². The van der Waals surface area contributed by atoms with Crippen LogP contribution in [0.3, 0.4) is 0 Å². The van der Waals surface area contributed by atoms with E-state index >= 15 is 0 Å². The fourth-order valence-electron chi connectivity index (χ4n) is 2.48. The molecule has 0 radical (unpaired) electrons. The second-order valence-corrected chi connectivity index (χ2v) is 5.66. The van der Waals surface area contributed by atoms with Gasteiger partial charge in [0.15, 0.2) is 0 Å². The lowest BCUT2D eigenvalue weighted by Gasteiger charge is -2.34. The van der Waals surface area contributed by atoms with E-state index in [-0.39, 0.29) is 17.8 Å². The summed E-state index contributed by atoms with van der Waals surface area (Å²) in [4.78, 5) is 28.4. The number of piperazine rings is 1. The molecule has 122 valence electrons. The van der Waals surface area contributed by atoms with Crippen molar-refractivity contribution < 1.29 is 14.3 Å². The summed E-state index contributed by atoms with van der Waals surface area (Å²) >= 11 is 0. The number of rotatable bonds is 7. The van der Waals surface area contributed by atoms with Crippen LogP contribution in [0.2, 0.25) is 0 Å². The van der Waals surface area contributed by atoms with Crippen molar-refractivity contribution in [1.29, 1.82) is 0 Å². The average Bonchev–Trinajstić information content (AvgIpc) is 2.51. The van der Waals surface area contributed by atoms with Gasteiger partial charge in [0, 0.05) is 26.2 Å². The van der Waals surface area contributed by atoms with E-state index in [0.29, 0.717) is 6.54 Å². The first-order valence-corrected chi connectivity index (χ1v) is 7.83. The molecule has 1 N–H and O–H groups in total. The van der Waals surface area contributed by atoms with Crippen LogP contribution in [0, 0.1) is 5.92 Å². The number of ether oxygens (including phenoxy) is 1. The van der Waals surface area contributed by atoms with Gasteiger partial charge in [0.1, 0.15) is 6.04 Å². The third kappa shape index (κ3) is 5.63. The molecular formula is C15H29N3O3. The molecule has 6 heteroatoms. The van der Waals surface area contributed by atoms with Crippen molar-refractivity contribution in [2.24, 2.45) is 5.92 Å². The number of amides is 1. The summed E-state index contributed by atoms with van der Waals surface area (Å²) in [6.07, 6.45) is 0.815. The zero-order valence-electron chi connectivity index (χ0n) is 13.7. The molecule has 1 fully saturated rings. The Bertz CT molecular complexity index is 341. The topological polar surface area (TPSA) is 61.9 Å². The first-order valence-electron chi connectivity index (χ1n) is 7.83. The minimum absolute atomic E-state index is 0.0679. The predicted molar refractivity (Wildman–Crippen MR) is 82.0 cm³/mol. The lowest BCUT2D eigenvalue weighted by molar-refractivity contribution is -0.146. The highest BCUT2D eigenvalue weighted by Crippen LogP contribution is 2.09. The Kier molecular flexibility index (Phi) is 7.67. The maximum Gasteiger partial charge on any atom is 0.328 e. The van der Waals surface area contributed by atoms with Crippen molar-refractivity contribution >= 4 is 11.9 Å². The van der Waals surface area contributed by atoms with E-state index in [1.807, 2.05) is 13.8 Å². The molecule has 0 saturated carbocycles. The summed E-state index contributed by atoms with van der Waals surface area (Å²) in [6, 6.07) is -0.551. The van der Waals surface area contributed by atoms with Gasteiger partial charge in [-0.3, -0.25) is 9.69 Å². The quantitative estimate of drug-likeness (QED) is 0.686. The molecule has 6 nitrogen and oxygen atoms in total. The molecule has 1 rings (SSSR count). The molecule has 0 bridgehead atoms. The van der Waals surface area contributed by atoms with Crippen LogP contribution in [0.25, 0.3) is 0 Å². The fraction of sp³-hybridized carbons (Fsp3) is 0.867. The number of likely N-dealkylation sites (N-methyl/N-ethyl adjacent to an activating group) is 1. The Morgan fingerprint density at radius 1 is 1.14 bits per heavy atom. The Balaban J connectivity index is 2.45. The highest BCUT2D eigenvalue weighted by molar-refractivity contribution is 5.85. The van der Waals surface area contributed by atoms with Gasteiger partial charge in [0.25, 0.3) is 0 Å². The van der Waals surface area contributed by atoms with Gasteiger partial charge in [-0.1, -0.05) is 27.2 Å². The number of methoxy groups -OCH3 is 1. The molecule has 0 aromatic carbocycles. The van der Waals surface area contributed by atoms with E-state index in [2.05, 4.69) is 22.0 Å². The fourth-order valence-corrected chi connectivity index (χ4v) is 2.48. The van der Waals surface area contributed by atoms with Crippen LogP contribution < -0.4 is 5.32 Å². The number of carbonyl (C=O) groups is 2. The number of nitrogens with zero attached hydrogens (tertiary/aromatic N) is 2. The van der Waals surface area contributed by atoms with E-state index in [0.717, 1.165) is 39.1 Å². The lowest BCUT2D eigenvalue weighted by Crippen LogP contribution is -2.52. The molecule has 21 heavy (non-hydrogen) atoms. The van der Waals surface area contributed by atoms with E-state index in [1.54, 1.807) is 0 Å². The molecule has 2 unspecified atom stereocenters. The summed E-state index contributed by atoms with van der Waals surface area (Å²) in [5, 5.41) is 2.82. The monoisotopic (exact) mass is 299 g/mol. The molecule has 1 aliphatic heterocycles. The molecule has 1 amide bonds. The van der Waals surface area contributed by atoms with Crippen LogP contribution >= 0.6 is 0 Å². The Labute approximate surface area is 127 Å². The molecule has 0 aliphatic carbocycles. The molecule has 0 aromatic rings. The largest absolute Gasteiger partial charge is 0.467 e. The average molecular weight is 299 g/mol. The SMILES string of the molecule is CCC(C)C(NC(=O)CN1CCN(CC)CC1)C(=O)OC. The zero-order chi connectivity index (χ0) is 15.8.